The maximum Gasteiger partial charge on any atom is 0.343 e. The lowest BCUT2D eigenvalue weighted by atomic mass is 9.81. The molecular weight excluding hydrogens is 466 g/mol. The first-order chi connectivity index (χ1) is 18.0. The van der Waals surface area contributed by atoms with Gasteiger partial charge in [-0.3, -0.25) is 4.79 Å². The van der Waals surface area contributed by atoms with Gasteiger partial charge in [0.2, 0.25) is 0 Å². The molecule has 0 saturated carbocycles. The van der Waals surface area contributed by atoms with E-state index in [9.17, 15) is 9.59 Å². The quantitative estimate of drug-likeness (QED) is 0.370. The summed E-state index contributed by atoms with van der Waals surface area (Å²) in [6.07, 6.45) is 3.99. The first-order valence-corrected chi connectivity index (χ1v) is 12.7. The molecule has 2 atom stereocenters. The van der Waals surface area contributed by atoms with E-state index in [1.807, 2.05) is 41.3 Å². The molecular formula is C29H31N5O3. The number of benzene rings is 2. The van der Waals surface area contributed by atoms with E-state index >= 15 is 0 Å². The number of piperidine rings is 1. The van der Waals surface area contributed by atoms with Crippen LogP contribution in [0.5, 0.6) is 0 Å². The average molecular weight is 498 g/mol. The number of likely N-dealkylation sites (tertiary alicyclic amines) is 1. The summed E-state index contributed by atoms with van der Waals surface area (Å²) in [4.78, 5) is 32.9. The van der Waals surface area contributed by atoms with Gasteiger partial charge in [0.05, 0.1) is 12.8 Å². The fourth-order valence-electron chi connectivity index (χ4n) is 5.03. The molecule has 1 aliphatic heterocycles. The summed E-state index contributed by atoms with van der Waals surface area (Å²) in [6.45, 7) is 6.01. The Morgan fingerprint density at radius 2 is 1.78 bits per heavy atom. The highest BCUT2D eigenvalue weighted by Crippen LogP contribution is 2.33. The SMILES string of the molecule is CCOC(=O)c1cnn2cc(C(=O)N3CCC(c4ccccc4)C(C)C3)c(NCc3ccccc3)nc12. The van der Waals surface area contributed by atoms with Crippen LogP contribution in [0.1, 0.15) is 58.0 Å². The van der Waals surface area contributed by atoms with Gasteiger partial charge in [0.25, 0.3) is 5.91 Å². The second kappa shape index (κ2) is 10.8. The lowest BCUT2D eigenvalue weighted by Gasteiger charge is -2.37. The molecule has 0 radical (unpaired) electrons. The Morgan fingerprint density at radius 1 is 1.05 bits per heavy atom. The van der Waals surface area contributed by atoms with Gasteiger partial charge in [-0.25, -0.2) is 14.3 Å². The van der Waals surface area contributed by atoms with Crippen LogP contribution in [0, 0.1) is 5.92 Å². The topological polar surface area (TPSA) is 88.8 Å². The number of fused-ring (bicyclic) bond motifs is 1. The van der Waals surface area contributed by atoms with Crippen molar-refractivity contribution < 1.29 is 14.3 Å². The van der Waals surface area contributed by atoms with Gasteiger partial charge in [0.1, 0.15) is 16.9 Å². The van der Waals surface area contributed by atoms with Crippen LogP contribution >= 0.6 is 0 Å². The van der Waals surface area contributed by atoms with Gasteiger partial charge in [0, 0.05) is 25.8 Å². The van der Waals surface area contributed by atoms with Gasteiger partial charge in [-0.2, -0.15) is 5.10 Å². The van der Waals surface area contributed by atoms with Crippen molar-refractivity contribution >= 4 is 23.3 Å². The van der Waals surface area contributed by atoms with Gasteiger partial charge in [-0.1, -0.05) is 67.6 Å². The largest absolute Gasteiger partial charge is 0.462 e. The van der Waals surface area contributed by atoms with Crippen LogP contribution in [0.25, 0.3) is 5.65 Å². The van der Waals surface area contributed by atoms with Crippen molar-refractivity contribution in [3.05, 3.63) is 95.3 Å². The second-order valence-electron chi connectivity index (χ2n) is 9.42. The Labute approximate surface area is 216 Å². The van der Waals surface area contributed by atoms with Crippen LogP contribution in [0.15, 0.2) is 73.1 Å². The highest BCUT2D eigenvalue weighted by molar-refractivity contribution is 6.00. The molecule has 8 nitrogen and oxygen atoms in total. The molecule has 2 aromatic carbocycles. The molecule has 1 N–H and O–H groups in total. The Hall–Kier alpha value is -4.20. The summed E-state index contributed by atoms with van der Waals surface area (Å²) in [5.41, 5.74) is 3.41. The van der Waals surface area contributed by atoms with Gasteiger partial charge in [-0.05, 0) is 36.3 Å². The lowest BCUT2D eigenvalue weighted by molar-refractivity contribution is 0.0528. The van der Waals surface area contributed by atoms with Gasteiger partial charge < -0.3 is 15.0 Å². The summed E-state index contributed by atoms with van der Waals surface area (Å²) in [5.74, 6) is 0.564. The Morgan fingerprint density at radius 3 is 2.49 bits per heavy atom. The number of nitrogens with zero attached hydrogens (tertiary/aromatic N) is 4. The minimum absolute atomic E-state index is 0.100. The van der Waals surface area contributed by atoms with Crippen LogP contribution in [-0.4, -0.2) is 51.1 Å². The van der Waals surface area contributed by atoms with E-state index in [1.54, 1.807) is 13.1 Å². The zero-order valence-corrected chi connectivity index (χ0v) is 21.1. The monoisotopic (exact) mass is 497 g/mol. The van der Waals surface area contributed by atoms with Crippen molar-refractivity contribution in [2.45, 2.75) is 32.7 Å². The molecule has 3 heterocycles. The summed E-state index contributed by atoms with van der Waals surface area (Å²) < 4.78 is 6.65. The predicted molar refractivity (Wildman–Crippen MR) is 142 cm³/mol. The fourth-order valence-corrected chi connectivity index (χ4v) is 5.03. The molecule has 1 amide bonds. The van der Waals surface area contributed by atoms with Crippen molar-refractivity contribution in [1.82, 2.24) is 19.5 Å². The zero-order chi connectivity index (χ0) is 25.8. The number of esters is 1. The number of carbonyl (C=O) groups is 2. The number of aromatic nitrogens is 3. The first-order valence-electron chi connectivity index (χ1n) is 12.7. The van der Waals surface area contributed by atoms with E-state index < -0.39 is 5.97 Å². The van der Waals surface area contributed by atoms with E-state index in [4.69, 9.17) is 9.72 Å². The molecule has 0 bridgehead atoms. The molecule has 2 aromatic heterocycles. The molecule has 1 aliphatic rings. The van der Waals surface area contributed by atoms with Crippen molar-refractivity contribution in [2.24, 2.45) is 5.92 Å². The Bertz CT molecular complexity index is 1390. The summed E-state index contributed by atoms with van der Waals surface area (Å²) >= 11 is 0. The van der Waals surface area contributed by atoms with E-state index in [0.29, 0.717) is 48.5 Å². The predicted octanol–water partition coefficient (Wildman–Crippen LogP) is 4.78. The highest BCUT2D eigenvalue weighted by atomic mass is 16.5. The number of amides is 1. The average Bonchev–Trinajstić information content (AvgIpc) is 3.35. The lowest BCUT2D eigenvalue weighted by Crippen LogP contribution is -2.42. The maximum atomic E-state index is 13.8. The third-order valence-electron chi connectivity index (χ3n) is 6.94. The summed E-state index contributed by atoms with van der Waals surface area (Å²) in [6, 6.07) is 20.4. The van der Waals surface area contributed by atoms with Crippen LogP contribution in [0.2, 0.25) is 0 Å². The normalized spacial score (nSPS) is 17.5. The zero-order valence-electron chi connectivity index (χ0n) is 21.1. The van der Waals surface area contributed by atoms with Crippen molar-refractivity contribution in [1.29, 1.82) is 0 Å². The number of nitrogens with one attached hydrogen (secondary N) is 1. The van der Waals surface area contributed by atoms with E-state index in [0.717, 1.165) is 12.0 Å². The molecule has 1 saturated heterocycles. The minimum Gasteiger partial charge on any atom is -0.462 e. The van der Waals surface area contributed by atoms with Gasteiger partial charge in [0.15, 0.2) is 5.65 Å². The van der Waals surface area contributed by atoms with Crippen LogP contribution in [0.4, 0.5) is 5.82 Å². The molecule has 4 aromatic rings. The Kier molecular flexibility index (Phi) is 7.16. The number of carbonyl (C=O) groups excluding carboxylic acids is 2. The number of ether oxygens (including phenoxy) is 1. The number of anilines is 1. The standard InChI is InChI=1S/C29H31N5O3/c1-3-37-29(36)24-17-31-34-19-25(26(32-27(24)34)30-16-21-10-6-4-7-11-21)28(35)33-15-14-23(20(2)18-33)22-12-8-5-9-13-22/h4-13,17,19-20,23H,3,14-16,18H2,1-2H3,(H,30,32). The molecule has 0 spiro atoms. The van der Waals surface area contributed by atoms with E-state index in [1.165, 1.54) is 16.3 Å². The van der Waals surface area contributed by atoms with Crippen molar-refractivity contribution in [3.8, 4) is 0 Å². The van der Waals surface area contributed by atoms with E-state index in [-0.39, 0.29) is 18.1 Å². The summed E-state index contributed by atoms with van der Waals surface area (Å²) in [5, 5.41) is 7.61. The van der Waals surface area contributed by atoms with Gasteiger partial charge >= 0.3 is 5.97 Å². The maximum absolute atomic E-state index is 13.8. The number of hydrogen-bond donors (Lipinski definition) is 1. The molecule has 190 valence electrons. The molecule has 5 rings (SSSR count). The van der Waals surface area contributed by atoms with Crippen LogP contribution in [-0.2, 0) is 11.3 Å². The van der Waals surface area contributed by atoms with Crippen molar-refractivity contribution in [2.75, 3.05) is 25.0 Å². The van der Waals surface area contributed by atoms with Crippen LogP contribution in [0.3, 0.4) is 0 Å². The highest BCUT2D eigenvalue weighted by Gasteiger charge is 2.32. The first kappa shape index (κ1) is 24.5. The third-order valence-corrected chi connectivity index (χ3v) is 6.94. The number of rotatable bonds is 7. The minimum atomic E-state index is -0.491. The molecule has 0 aliphatic carbocycles. The molecule has 1 fully saturated rings. The fraction of sp³-hybridized carbons (Fsp3) is 0.310. The molecule has 2 unspecified atom stereocenters. The second-order valence-corrected chi connectivity index (χ2v) is 9.42. The van der Waals surface area contributed by atoms with Crippen LogP contribution < -0.4 is 5.32 Å². The van der Waals surface area contributed by atoms with E-state index in [2.05, 4.69) is 41.6 Å². The smallest absolute Gasteiger partial charge is 0.343 e. The number of hydrogen-bond acceptors (Lipinski definition) is 6. The third kappa shape index (κ3) is 5.18. The Balaban J connectivity index is 1.44. The summed E-state index contributed by atoms with van der Waals surface area (Å²) in [7, 11) is 0. The molecule has 8 heteroatoms. The van der Waals surface area contributed by atoms with Crippen molar-refractivity contribution in [3.63, 3.8) is 0 Å². The van der Waals surface area contributed by atoms with Gasteiger partial charge in [-0.15, -0.1) is 0 Å². The molecule has 37 heavy (non-hydrogen) atoms.